The van der Waals surface area contributed by atoms with Crippen molar-refractivity contribution in [2.24, 2.45) is 11.8 Å². The fourth-order valence-corrected chi connectivity index (χ4v) is 2.78. The van der Waals surface area contributed by atoms with Crippen molar-refractivity contribution in [3.8, 4) is 0 Å². The van der Waals surface area contributed by atoms with Gasteiger partial charge in [-0.25, -0.2) is 4.39 Å². The third-order valence-corrected chi connectivity index (χ3v) is 4.13. The predicted molar refractivity (Wildman–Crippen MR) is 79.0 cm³/mol. The Hall–Kier alpha value is -0.670. The van der Waals surface area contributed by atoms with E-state index in [9.17, 15) is 4.39 Å². The molecule has 0 amide bonds. The molecule has 1 fully saturated rings. The molecule has 0 aromatic carbocycles. The largest absolute Gasteiger partial charge is 0.352 e. The van der Waals surface area contributed by atoms with Gasteiger partial charge in [-0.3, -0.25) is 0 Å². The van der Waals surface area contributed by atoms with Gasteiger partial charge in [0.15, 0.2) is 6.29 Å². The van der Waals surface area contributed by atoms with Gasteiger partial charge in [0.2, 0.25) is 0 Å². The Balaban J connectivity index is 1.60. The highest BCUT2D eigenvalue weighted by molar-refractivity contribution is 4.97. The minimum Gasteiger partial charge on any atom is -0.352 e. The van der Waals surface area contributed by atoms with Crippen molar-refractivity contribution in [3.63, 3.8) is 0 Å². The molecule has 20 heavy (non-hydrogen) atoms. The SMILES string of the molecule is CCC/C=C/[C@H]1CO[C@H](CCC2CC=C(F)CC2)OC1. The second-order valence-corrected chi connectivity index (χ2v) is 5.94. The predicted octanol–water partition coefficient (Wildman–Crippen LogP) is 4.77. The monoisotopic (exact) mass is 282 g/mol. The number of ether oxygens (including phenoxy) is 2. The van der Waals surface area contributed by atoms with E-state index < -0.39 is 0 Å². The third kappa shape index (κ3) is 5.37. The zero-order chi connectivity index (χ0) is 14.2. The molecule has 0 aromatic heterocycles. The van der Waals surface area contributed by atoms with Crippen LogP contribution in [0.5, 0.6) is 0 Å². The summed E-state index contributed by atoms with van der Waals surface area (Å²) in [4.78, 5) is 0. The van der Waals surface area contributed by atoms with Crippen LogP contribution in [0.15, 0.2) is 24.1 Å². The molecule has 1 heterocycles. The molecule has 1 atom stereocenters. The Kier molecular flexibility index (Phi) is 6.74. The van der Waals surface area contributed by atoms with Gasteiger partial charge in [-0.05, 0) is 44.4 Å². The fourth-order valence-electron chi connectivity index (χ4n) is 2.78. The summed E-state index contributed by atoms with van der Waals surface area (Å²) in [7, 11) is 0. The zero-order valence-corrected chi connectivity index (χ0v) is 12.5. The second kappa shape index (κ2) is 8.58. The highest BCUT2D eigenvalue weighted by atomic mass is 19.1. The summed E-state index contributed by atoms with van der Waals surface area (Å²) in [5.74, 6) is 1.07. The van der Waals surface area contributed by atoms with Crippen LogP contribution in [0, 0.1) is 11.8 Å². The standard InChI is InChI=1S/C17H27FO2/c1-2-3-4-5-15-12-19-17(20-13-15)11-8-14-6-9-16(18)10-7-14/h4-5,9,14-15,17H,2-3,6-8,10-13H2,1H3/b5-4+/t14?,15-,17-. The average molecular weight is 282 g/mol. The molecule has 0 bridgehead atoms. The van der Waals surface area contributed by atoms with Gasteiger partial charge in [0.25, 0.3) is 0 Å². The molecule has 0 radical (unpaired) electrons. The van der Waals surface area contributed by atoms with Crippen LogP contribution in [-0.4, -0.2) is 19.5 Å². The van der Waals surface area contributed by atoms with Gasteiger partial charge >= 0.3 is 0 Å². The van der Waals surface area contributed by atoms with Crippen molar-refractivity contribution in [2.45, 2.75) is 58.2 Å². The maximum absolute atomic E-state index is 12.9. The maximum Gasteiger partial charge on any atom is 0.157 e. The van der Waals surface area contributed by atoms with E-state index in [-0.39, 0.29) is 12.1 Å². The van der Waals surface area contributed by atoms with E-state index in [1.54, 1.807) is 6.08 Å². The van der Waals surface area contributed by atoms with Gasteiger partial charge in [-0.1, -0.05) is 31.6 Å². The van der Waals surface area contributed by atoms with Crippen molar-refractivity contribution in [1.82, 2.24) is 0 Å². The highest BCUT2D eigenvalue weighted by Crippen LogP contribution is 2.29. The van der Waals surface area contributed by atoms with Gasteiger partial charge in [0.1, 0.15) is 0 Å². The van der Waals surface area contributed by atoms with E-state index in [1.165, 1.54) is 6.42 Å². The molecule has 1 saturated heterocycles. The van der Waals surface area contributed by atoms with E-state index in [0.29, 0.717) is 18.3 Å². The molecule has 2 aliphatic rings. The Labute approximate surface area is 122 Å². The van der Waals surface area contributed by atoms with E-state index in [0.717, 1.165) is 45.3 Å². The van der Waals surface area contributed by atoms with Crippen LogP contribution in [0.3, 0.4) is 0 Å². The fraction of sp³-hybridized carbons (Fsp3) is 0.765. The summed E-state index contributed by atoms with van der Waals surface area (Å²) in [6.07, 6.45) is 12.9. The Morgan fingerprint density at radius 2 is 2.10 bits per heavy atom. The summed E-state index contributed by atoms with van der Waals surface area (Å²) in [5.41, 5.74) is 0. The minimum atomic E-state index is -0.0541. The number of halogens is 1. The lowest BCUT2D eigenvalue weighted by Crippen LogP contribution is -2.31. The molecule has 114 valence electrons. The first-order valence-corrected chi connectivity index (χ1v) is 8.02. The zero-order valence-electron chi connectivity index (χ0n) is 12.5. The van der Waals surface area contributed by atoms with Crippen molar-refractivity contribution in [1.29, 1.82) is 0 Å². The smallest absolute Gasteiger partial charge is 0.157 e. The number of hydrogen-bond acceptors (Lipinski definition) is 2. The van der Waals surface area contributed by atoms with Crippen LogP contribution < -0.4 is 0 Å². The maximum atomic E-state index is 12.9. The van der Waals surface area contributed by atoms with E-state index in [4.69, 9.17) is 9.47 Å². The highest BCUT2D eigenvalue weighted by Gasteiger charge is 2.22. The minimum absolute atomic E-state index is 0.0541. The lowest BCUT2D eigenvalue weighted by Gasteiger charge is -2.29. The number of unbranched alkanes of at least 4 members (excludes halogenated alkanes) is 1. The van der Waals surface area contributed by atoms with Gasteiger partial charge in [-0.2, -0.15) is 0 Å². The van der Waals surface area contributed by atoms with Gasteiger partial charge in [0.05, 0.1) is 19.0 Å². The molecule has 1 aliphatic heterocycles. The molecule has 1 unspecified atom stereocenters. The molecule has 0 N–H and O–H groups in total. The van der Waals surface area contributed by atoms with Crippen molar-refractivity contribution in [2.75, 3.05) is 13.2 Å². The van der Waals surface area contributed by atoms with Crippen molar-refractivity contribution >= 4 is 0 Å². The topological polar surface area (TPSA) is 18.5 Å². The van der Waals surface area contributed by atoms with E-state index in [2.05, 4.69) is 19.1 Å². The van der Waals surface area contributed by atoms with Crippen LogP contribution in [0.2, 0.25) is 0 Å². The quantitative estimate of drug-likeness (QED) is 0.654. The van der Waals surface area contributed by atoms with Crippen LogP contribution in [0.25, 0.3) is 0 Å². The lowest BCUT2D eigenvalue weighted by atomic mass is 9.89. The molecule has 0 spiro atoms. The first-order valence-electron chi connectivity index (χ1n) is 8.02. The molecule has 2 rings (SSSR count). The molecular formula is C17H27FO2. The molecule has 3 heteroatoms. The summed E-state index contributed by atoms with van der Waals surface area (Å²) < 4.78 is 24.5. The molecular weight excluding hydrogens is 255 g/mol. The normalized spacial score (nSPS) is 31.5. The Bertz CT molecular complexity index is 330. The van der Waals surface area contributed by atoms with Gasteiger partial charge in [-0.15, -0.1) is 0 Å². The Morgan fingerprint density at radius 3 is 2.75 bits per heavy atom. The number of allylic oxidation sites excluding steroid dienone is 3. The summed E-state index contributed by atoms with van der Waals surface area (Å²) >= 11 is 0. The van der Waals surface area contributed by atoms with Crippen molar-refractivity contribution < 1.29 is 13.9 Å². The molecule has 0 aromatic rings. The number of hydrogen-bond donors (Lipinski definition) is 0. The third-order valence-electron chi connectivity index (χ3n) is 4.13. The lowest BCUT2D eigenvalue weighted by molar-refractivity contribution is -0.196. The van der Waals surface area contributed by atoms with E-state index in [1.807, 2.05) is 0 Å². The number of rotatable bonds is 6. The summed E-state index contributed by atoms with van der Waals surface area (Å²) in [6, 6.07) is 0. The second-order valence-electron chi connectivity index (χ2n) is 5.94. The van der Waals surface area contributed by atoms with Crippen LogP contribution in [0.1, 0.15) is 51.9 Å². The molecule has 0 saturated carbocycles. The average Bonchev–Trinajstić information content (AvgIpc) is 2.48. The van der Waals surface area contributed by atoms with Crippen molar-refractivity contribution in [3.05, 3.63) is 24.1 Å². The first-order chi connectivity index (χ1) is 9.78. The molecule has 2 nitrogen and oxygen atoms in total. The Morgan fingerprint density at radius 1 is 1.30 bits per heavy atom. The van der Waals surface area contributed by atoms with Gasteiger partial charge < -0.3 is 9.47 Å². The summed E-state index contributed by atoms with van der Waals surface area (Å²) in [6.45, 7) is 3.72. The van der Waals surface area contributed by atoms with Gasteiger partial charge in [0, 0.05) is 5.92 Å². The van der Waals surface area contributed by atoms with Crippen LogP contribution in [-0.2, 0) is 9.47 Å². The van der Waals surface area contributed by atoms with Crippen LogP contribution >= 0.6 is 0 Å². The van der Waals surface area contributed by atoms with E-state index >= 15 is 0 Å². The molecule has 1 aliphatic carbocycles. The summed E-state index contributed by atoms with van der Waals surface area (Å²) in [5, 5.41) is 0. The van der Waals surface area contributed by atoms with Crippen LogP contribution in [0.4, 0.5) is 4.39 Å². The first kappa shape index (κ1) is 15.7.